The summed E-state index contributed by atoms with van der Waals surface area (Å²) in [6.07, 6.45) is 3.35. The van der Waals surface area contributed by atoms with Crippen molar-refractivity contribution in [1.29, 1.82) is 0 Å². The molecule has 19 heavy (non-hydrogen) atoms. The van der Waals surface area contributed by atoms with Crippen molar-refractivity contribution in [3.63, 3.8) is 0 Å². The standard InChI is InChI=1S/C13H25N3O3/c1-3-18-11-13(19-4-2)9-8-12(17)7-5-6-10-15-16-14/h13H,3-11H2,1-2H3. The molecular weight excluding hydrogens is 246 g/mol. The van der Waals surface area contributed by atoms with Crippen LogP contribution in [0, 0.1) is 0 Å². The van der Waals surface area contributed by atoms with Crippen LogP contribution in [-0.2, 0) is 14.3 Å². The Bertz CT molecular complexity index is 278. The smallest absolute Gasteiger partial charge is 0.133 e. The molecule has 110 valence electrons. The Labute approximate surface area is 115 Å². The fourth-order valence-electron chi connectivity index (χ4n) is 1.70. The van der Waals surface area contributed by atoms with E-state index in [9.17, 15) is 4.79 Å². The van der Waals surface area contributed by atoms with Gasteiger partial charge in [0, 0.05) is 37.5 Å². The van der Waals surface area contributed by atoms with Gasteiger partial charge in [-0.05, 0) is 38.6 Å². The fraction of sp³-hybridized carbons (Fsp3) is 0.923. The molecule has 0 aromatic heterocycles. The highest BCUT2D eigenvalue weighted by molar-refractivity contribution is 5.78. The second-order valence-electron chi connectivity index (χ2n) is 4.23. The minimum absolute atomic E-state index is 0.0112. The lowest BCUT2D eigenvalue weighted by atomic mass is 10.1. The lowest BCUT2D eigenvalue weighted by molar-refractivity contribution is -0.120. The van der Waals surface area contributed by atoms with E-state index in [1.807, 2.05) is 13.8 Å². The zero-order valence-electron chi connectivity index (χ0n) is 12.0. The molecule has 0 aliphatic rings. The number of unbranched alkanes of at least 4 members (excludes halogenated alkanes) is 1. The van der Waals surface area contributed by atoms with Crippen LogP contribution in [0.2, 0.25) is 0 Å². The molecule has 0 saturated heterocycles. The van der Waals surface area contributed by atoms with Gasteiger partial charge in [0.1, 0.15) is 5.78 Å². The van der Waals surface area contributed by atoms with E-state index in [0.717, 1.165) is 12.8 Å². The van der Waals surface area contributed by atoms with Crippen LogP contribution < -0.4 is 0 Å². The first kappa shape index (κ1) is 17.9. The summed E-state index contributed by atoms with van der Waals surface area (Å²) in [6.45, 7) is 6.20. The number of Topliss-reactive ketones (excluding diaryl/α,β-unsaturated/α-hetero) is 1. The molecule has 0 bridgehead atoms. The van der Waals surface area contributed by atoms with E-state index in [4.69, 9.17) is 15.0 Å². The number of carbonyl (C=O) groups excluding carboxylic acids is 1. The van der Waals surface area contributed by atoms with Crippen molar-refractivity contribution in [2.75, 3.05) is 26.4 Å². The highest BCUT2D eigenvalue weighted by atomic mass is 16.5. The maximum Gasteiger partial charge on any atom is 0.133 e. The summed E-state index contributed by atoms with van der Waals surface area (Å²) < 4.78 is 10.8. The third kappa shape index (κ3) is 11.7. The molecule has 0 aliphatic carbocycles. The quantitative estimate of drug-likeness (QED) is 0.223. The Kier molecular flexibility index (Phi) is 12.6. The number of carbonyl (C=O) groups is 1. The Hall–Kier alpha value is -1.10. The van der Waals surface area contributed by atoms with E-state index in [0.29, 0.717) is 45.6 Å². The van der Waals surface area contributed by atoms with Gasteiger partial charge in [-0.25, -0.2) is 0 Å². The molecule has 6 nitrogen and oxygen atoms in total. The molecule has 0 heterocycles. The Balaban J connectivity index is 3.68. The number of azide groups is 1. The van der Waals surface area contributed by atoms with Gasteiger partial charge >= 0.3 is 0 Å². The van der Waals surface area contributed by atoms with Crippen molar-refractivity contribution in [3.8, 4) is 0 Å². The van der Waals surface area contributed by atoms with E-state index in [1.54, 1.807) is 0 Å². The third-order valence-electron chi connectivity index (χ3n) is 2.68. The first-order chi connectivity index (χ1) is 9.24. The van der Waals surface area contributed by atoms with Crippen molar-refractivity contribution in [1.82, 2.24) is 0 Å². The van der Waals surface area contributed by atoms with Gasteiger partial charge in [0.2, 0.25) is 0 Å². The largest absolute Gasteiger partial charge is 0.379 e. The zero-order chi connectivity index (χ0) is 14.3. The van der Waals surface area contributed by atoms with E-state index in [1.165, 1.54) is 0 Å². The van der Waals surface area contributed by atoms with Crippen molar-refractivity contribution in [2.24, 2.45) is 5.11 Å². The van der Waals surface area contributed by atoms with Gasteiger partial charge in [-0.3, -0.25) is 4.79 Å². The topological polar surface area (TPSA) is 84.3 Å². The summed E-state index contributed by atoms with van der Waals surface area (Å²) in [5, 5.41) is 3.43. The molecule has 0 amide bonds. The predicted molar refractivity (Wildman–Crippen MR) is 74.0 cm³/mol. The average molecular weight is 271 g/mol. The molecule has 0 aromatic carbocycles. The Morgan fingerprint density at radius 2 is 2.05 bits per heavy atom. The average Bonchev–Trinajstić information content (AvgIpc) is 2.41. The van der Waals surface area contributed by atoms with E-state index in [-0.39, 0.29) is 11.9 Å². The molecule has 0 saturated carbocycles. The minimum atomic E-state index is 0.0112. The van der Waals surface area contributed by atoms with E-state index < -0.39 is 0 Å². The number of hydrogen-bond acceptors (Lipinski definition) is 4. The summed E-state index contributed by atoms with van der Waals surface area (Å²) in [6, 6.07) is 0. The van der Waals surface area contributed by atoms with Gasteiger partial charge < -0.3 is 9.47 Å². The summed E-state index contributed by atoms with van der Waals surface area (Å²) >= 11 is 0. The van der Waals surface area contributed by atoms with Crippen molar-refractivity contribution < 1.29 is 14.3 Å². The molecule has 6 heteroatoms. The van der Waals surface area contributed by atoms with Crippen LogP contribution >= 0.6 is 0 Å². The molecule has 0 N–H and O–H groups in total. The molecular formula is C13H25N3O3. The molecule has 1 unspecified atom stereocenters. The van der Waals surface area contributed by atoms with Gasteiger partial charge in [0.05, 0.1) is 12.7 Å². The molecule has 1 atom stereocenters. The fourth-order valence-corrected chi connectivity index (χ4v) is 1.70. The lowest BCUT2D eigenvalue weighted by Gasteiger charge is -2.16. The van der Waals surface area contributed by atoms with Crippen LogP contribution in [0.1, 0.15) is 46.0 Å². The molecule has 0 aromatic rings. The molecule has 0 fully saturated rings. The predicted octanol–water partition coefficient (Wildman–Crippen LogP) is 3.26. The summed E-state index contributed by atoms with van der Waals surface area (Å²) in [5.41, 5.74) is 8.11. The number of ether oxygens (including phenoxy) is 2. The zero-order valence-corrected chi connectivity index (χ0v) is 12.0. The van der Waals surface area contributed by atoms with Crippen LogP contribution in [0.5, 0.6) is 0 Å². The lowest BCUT2D eigenvalue weighted by Crippen LogP contribution is -2.21. The monoisotopic (exact) mass is 271 g/mol. The van der Waals surface area contributed by atoms with Gasteiger partial charge in [0.15, 0.2) is 0 Å². The second-order valence-corrected chi connectivity index (χ2v) is 4.23. The van der Waals surface area contributed by atoms with Gasteiger partial charge in [-0.1, -0.05) is 5.11 Å². The molecule has 0 aliphatic heterocycles. The van der Waals surface area contributed by atoms with Crippen molar-refractivity contribution >= 4 is 5.78 Å². The highest BCUT2D eigenvalue weighted by Crippen LogP contribution is 2.08. The normalized spacial score (nSPS) is 11.9. The van der Waals surface area contributed by atoms with Crippen LogP contribution in [-0.4, -0.2) is 38.3 Å². The SMILES string of the molecule is CCOCC(CCC(=O)CCCCN=[N+]=[N-])OCC. The molecule has 0 spiro atoms. The maximum absolute atomic E-state index is 11.7. The van der Waals surface area contributed by atoms with Gasteiger partial charge in [-0.2, -0.15) is 0 Å². The summed E-state index contributed by atoms with van der Waals surface area (Å²) in [5.74, 6) is 0.238. The summed E-state index contributed by atoms with van der Waals surface area (Å²) in [4.78, 5) is 14.3. The third-order valence-corrected chi connectivity index (χ3v) is 2.68. The van der Waals surface area contributed by atoms with Gasteiger partial charge in [0.25, 0.3) is 0 Å². The minimum Gasteiger partial charge on any atom is -0.379 e. The Morgan fingerprint density at radius 1 is 1.26 bits per heavy atom. The van der Waals surface area contributed by atoms with E-state index >= 15 is 0 Å². The number of rotatable bonds is 13. The second kappa shape index (κ2) is 13.3. The molecule has 0 rings (SSSR count). The first-order valence-corrected chi connectivity index (χ1v) is 6.96. The highest BCUT2D eigenvalue weighted by Gasteiger charge is 2.11. The van der Waals surface area contributed by atoms with E-state index in [2.05, 4.69) is 10.0 Å². The number of nitrogens with zero attached hydrogens (tertiary/aromatic N) is 3. The van der Waals surface area contributed by atoms with Crippen molar-refractivity contribution in [2.45, 2.75) is 52.1 Å². The summed E-state index contributed by atoms with van der Waals surface area (Å²) in [7, 11) is 0. The van der Waals surface area contributed by atoms with Crippen LogP contribution in [0.15, 0.2) is 5.11 Å². The Morgan fingerprint density at radius 3 is 2.68 bits per heavy atom. The van der Waals surface area contributed by atoms with Crippen LogP contribution in [0.3, 0.4) is 0 Å². The van der Waals surface area contributed by atoms with Crippen molar-refractivity contribution in [3.05, 3.63) is 10.4 Å². The molecule has 0 radical (unpaired) electrons. The number of hydrogen-bond donors (Lipinski definition) is 0. The maximum atomic E-state index is 11.7. The van der Waals surface area contributed by atoms with Crippen LogP contribution in [0.4, 0.5) is 0 Å². The number of ketones is 1. The van der Waals surface area contributed by atoms with Crippen LogP contribution in [0.25, 0.3) is 10.4 Å². The first-order valence-electron chi connectivity index (χ1n) is 6.96. The van der Waals surface area contributed by atoms with Gasteiger partial charge in [-0.15, -0.1) is 0 Å².